The minimum atomic E-state index is -3.37. The molecule has 0 amide bonds. The molecule has 0 radical (unpaired) electrons. The van der Waals surface area contributed by atoms with Gasteiger partial charge in [-0.3, -0.25) is 0 Å². The summed E-state index contributed by atoms with van der Waals surface area (Å²) in [6.07, 6.45) is 2.69. The van der Waals surface area contributed by atoms with Gasteiger partial charge in [-0.15, -0.1) is 0 Å². The van der Waals surface area contributed by atoms with Crippen LogP contribution in [0.5, 0.6) is 0 Å². The first kappa shape index (κ1) is 11.9. The molecule has 5 nitrogen and oxygen atoms in total. The molecule has 0 heterocycles. The maximum atomic E-state index is 11.3. The second-order valence-electron chi connectivity index (χ2n) is 3.60. The molecule has 0 aromatic rings. The van der Waals surface area contributed by atoms with Crippen LogP contribution in [0, 0.1) is 5.92 Å². The second-order valence-corrected chi connectivity index (χ2v) is 5.13. The van der Waals surface area contributed by atoms with Crippen molar-refractivity contribution in [1.82, 2.24) is 9.44 Å². The van der Waals surface area contributed by atoms with Crippen LogP contribution in [-0.2, 0) is 10.2 Å². The first-order valence-corrected chi connectivity index (χ1v) is 6.45. The molecule has 84 valence electrons. The van der Waals surface area contributed by atoms with Gasteiger partial charge in [-0.2, -0.15) is 13.1 Å². The summed E-state index contributed by atoms with van der Waals surface area (Å²) in [7, 11) is -3.37. The monoisotopic (exact) mass is 222 g/mol. The van der Waals surface area contributed by atoms with Crippen LogP contribution in [0.2, 0.25) is 0 Å². The fourth-order valence-electron chi connectivity index (χ4n) is 1.84. The van der Waals surface area contributed by atoms with Crippen molar-refractivity contribution in [3.8, 4) is 0 Å². The van der Waals surface area contributed by atoms with Gasteiger partial charge in [0.2, 0.25) is 0 Å². The minimum absolute atomic E-state index is 0.0549. The molecule has 0 aromatic carbocycles. The van der Waals surface area contributed by atoms with E-state index in [4.69, 9.17) is 5.11 Å². The standard InChI is InChI=1S/C8H18N2O3S/c1-2-9-14(12,13)10-8-5-3-4-7(8)6-11/h7-11H,2-6H2,1H3. The van der Waals surface area contributed by atoms with E-state index in [2.05, 4.69) is 9.44 Å². The molecule has 2 atom stereocenters. The SMILES string of the molecule is CCNS(=O)(=O)NC1CCCC1CO. The lowest BCUT2D eigenvalue weighted by molar-refractivity contribution is 0.213. The molecule has 1 aliphatic carbocycles. The maximum Gasteiger partial charge on any atom is 0.277 e. The molecule has 0 aliphatic heterocycles. The molecular weight excluding hydrogens is 204 g/mol. The highest BCUT2D eigenvalue weighted by Crippen LogP contribution is 2.25. The Kier molecular flexibility index (Phi) is 4.31. The highest BCUT2D eigenvalue weighted by atomic mass is 32.2. The summed E-state index contributed by atoms with van der Waals surface area (Å²) in [5.74, 6) is 0.0726. The van der Waals surface area contributed by atoms with Crippen molar-refractivity contribution in [1.29, 1.82) is 0 Å². The minimum Gasteiger partial charge on any atom is -0.396 e. The fraction of sp³-hybridized carbons (Fsp3) is 1.00. The normalized spacial score (nSPS) is 28.1. The maximum absolute atomic E-state index is 11.3. The number of aliphatic hydroxyl groups is 1. The number of rotatable bonds is 5. The molecule has 1 rings (SSSR count). The number of hydrogen-bond donors (Lipinski definition) is 3. The zero-order valence-corrected chi connectivity index (χ0v) is 9.18. The molecule has 2 unspecified atom stereocenters. The Labute approximate surface area is 85.1 Å². The largest absolute Gasteiger partial charge is 0.396 e. The van der Waals surface area contributed by atoms with Crippen molar-refractivity contribution < 1.29 is 13.5 Å². The van der Waals surface area contributed by atoms with Crippen LogP contribution >= 0.6 is 0 Å². The van der Waals surface area contributed by atoms with Crippen LogP contribution in [0.4, 0.5) is 0 Å². The van der Waals surface area contributed by atoms with Crippen LogP contribution < -0.4 is 9.44 Å². The van der Waals surface area contributed by atoms with Crippen molar-refractivity contribution >= 4 is 10.2 Å². The predicted molar refractivity (Wildman–Crippen MR) is 53.9 cm³/mol. The predicted octanol–water partition coefficient (Wildman–Crippen LogP) is -0.409. The Bertz CT molecular complexity index is 266. The van der Waals surface area contributed by atoms with E-state index in [-0.39, 0.29) is 18.6 Å². The van der Waals surface area contributed by atoms with Crippen molar-refractivity contribution in [2.75, 3.05) is 13.2 Å². The van der Waals surface area contributed by atoms with E-state index >= 15 is 0 Å². The Balaban J connectivity index is 2.51. The lowest BCUT2D eigenvalue weighted by atomic mass is 10.1. The molecule has 14 heavy (non-hydrogen) atoms. The molecular formula is C8H18N2O3S. The van der Waals surface area contributed by atoms with Crippen molar-refractivity contribution in [2.24, 2.45) is 5.92 Å². The molecule has 1 aliphatic rings. The Morgan fingerprint density at radius 2 is 2.14 bits per heavy atom. The lowest BCUT2D eigenvalue weighted by Gasteiger charge is -2.18. The summed E-state index contributed by atoms with van der Waals surface area (Å²) >= 11 is 0. The van der Waals surface area contributed by atoms with Crippen LogP contribution in [0.25, 0.3) is 0 Å². The Morgan fingerprint density at radius 3 is 2.71 bits per heavy atom. The summed E-state index contributed by atoms with van der Waals surface area (Å²) in [4.78, 5) is 0. The van der Waals surface area contributed by atoms with Crippen molar-refractivity contribution in [3.05, 3.63) is 0 Å². The van der Waals surface area contributed by atoms with E-state index in [0.717, 1.165) is 19.3 Å². The third-order valence-electron chi connectivity index (χ3n) is 2.53. The van der Waals surface area contributed by atoms with Crippen LogP contribution in [-0.4, -0.2) is 32.7 Å². The highest BCUT2D eigenvalue weighted by molar-refractivity contribution is 7.87. The molecule has 0 bridgehead atoms. The Morgan fingerprint density at radius 1 is 1.43 bits per heavy atom. The molecule has 1 saturated carbocycles. The van der Waals surface area contributed by atoms with E-state index in [1.165, 1.54) is 0 Å². The molecule has 0 aromatic heterocycles. The average Bonchev–Trinajstić information content (AvgIpc) is 2.50. The van der Waals surface area contributed by atoms with Gasteiger partial charge in [0.1, 0.15) is 0 Å². The third kappa shape index (κ3) is 3.20. The summed E-state index contributed by atoms with van der Waals surface area (Å²) in [6, 6.07) is -0.107. The fourth-order valence-corrected chi connectivity index (χ4v) is 3.01. The molecule has 0 saturated heterocycles. The topological polar surface area (TPSA) is 78.4 Å². The van der Waals surface area contributed by atoms with Gasteiger partial charge in [-0.25, -0.2) is 4.72 Å². The van der Waals surface area contributed by atoms with Gasteiger partial charge in [0.05, 0.1) is 0 Å². The summed E-state index contributed by atoms with van der Waals surface area (Å²) in [5.41, 5.74) is 0. The first-order chi connectivity index (χ1) is 6.59. The van der Waals surface area contributed by atoms with Gasteiger partial charge >= 0.3 is 0 Å². The molecule has 3 N–H and O–H groups in total. The van der Waals surface area contributed by atoms with Crippen molar-refractivity contribution in [2.45, 2.75) is 32.2 Å². The zero-order chi connectivity index (χ0) is 10.6. The number of aliphatic hydroxyl groups excluding tert-OH is 1. The zero-order valence-electron chi connectivity index (χ0n) is 8.36. The molecule has 0 spiro atoms. The summed E-state index contributed by atoms with van der Waals surface area (Å²) in [6.45, 7) is 2.17. The van der Waals surface area contributed by atoms with Gasteiger partial charge in [-0.05, 0) is 18.8 Å². The Hall–Kier alpha value is -0.170. The van der Waals surface area contributed by atoms with Crippen LogP contribution in [0.1, 0.15) is 26.2 Å². The quantitative estimate of drug-likeness (QED) is 0.592. The molecule has 1 fully saturated rings. The summed E-state index contributed by atoms with van der Waals surface area (Å²) < 4.78 is 27.6. The van der Waals surface area contributed by atoms with E-state index < -0.39 is 10.2 Å². The average molecular weight is 222 g/mol. The van der Waals surface area contributed by atoms with Gasteiger partial charge in [-0.1, -0.05) is 13.3 Å². The van der Waals surface area contributed by atoms with E-state index in [1.54, 1.807) is 6.92 Å². The molecule has 6 heteroatoms. The van der Waals surface area contributed by atoms with Crippen LogP contribution in [0.3, 0.4) is 0 Å². The third-order valence-corrected chi connectivity index (χ3v) is 3.82. The number of nitrogens with one attached hydrogen (secondary N) is 2. The summed E-state index contributed by atoms with van der Waals surface area (Å²) in [5, 5.41) is 9.01. The van der Waals surface area contributed by atoms with E-state index in [1.807, 2.05) is 0 Å². The van der Waals surface area contributed by atoms with E-state index in [0.29, 0.717) is 6.54 Å². The van der Waals surface area contributed by atoms with Gasteiger partial charge in [0, 0.05) is 19.2 Å². The lowest BCUT2D eigenvalue weighted by Crippen LogP contribution is -2.44. The number of hydrogen-bond acceptors (Lipinski definition) is 3. The van der Waals surface area contributed by atoms with Gasteiger partial charge in [0.25, 0.3) is 10.2 Å². The van der Waals surface area contributed by atoms with Gasteiger partial charge < -0.3 is 5.11 Å². The van der Waals surface area contributed by atoms with Crippen LogP contribution in [0.15, 0.2) is 0 Å². The second kappa shape index (κ2) is 5.06. The van der Waals surface area contributed by atoms with E-state index in [9.17, 15) is 8.42 Å². The highest BCUT2D eigenvalue weighted by Gasteiger charge is 2.29. The van der Waals surface area contributed by atoms with Gasteiger partial charge in [0.15, 0.2) is 0 Å². The van der Waals surface area contributed by atoms with Crippen molar-refractivity contribution in [3.63, 3.8) is 0 Å². The smallest absolute Gasteiger partial charge is 0.277 e. The first-order valence-electron chi connectivity index (χ1n) is 4.97.